The van der Waals surface area contributed by atoms with Crippen molar-refractivity contribution in [2.24, 2.45) is 0 Å². The number of likely N-dealkylation sites (tertiary alicyclic amines) is 1. The topological polar surface area (TPSA) is 96.3 Å². The molecule has 7 heteroatoms. The molecule has 1 saturated heterocycles. The van der Waals surface area contributed by atoms with Crippen molar-refractivity contribution in [2.45, 2.75) is 39.2 Å². The van der Waals surface area contributed by atoms with E-state index in [2.05, 4.69) is 0 Å². The van der Waals surface area contributed by atoms with E-state index >= 15 is 0 Å². The molecule has 0 aromatic heterocycles. The van der Waals surface area contributed by atoms with Gasteiger partial charge < -0.3 is 24.6 Å². The van der Waals surface area contributed by atoms with Gasteiger partial charge in [-0.25, -0.2) is 0 Å². The van der Waals surface area contributed by atoms with Crippen molar-refractivity contribution in [3.05, 3.63) is 65.2 Å². The van der Waals surface area contributed by atoms with Gasteiger partial charge in [-0.3, -0.25) is 9.59 Å². The summed E-state index contributed by atoms with van der Waals surface area (Å²) in [6.45, 7) is 5.01. The molecular weight excluding hydrogens is 422 g/mol. The Morgan fingerprint density at radius 1 is 0.970 bits per heavy atom. The van der Waals surface area contributed by atoms with E-state index in [1.165, 1.54) is 4.90 Å². The van der Waals surface area contributed by atoms with Crippen molar-refractivity contribution >= 4 is 17.4 Å². The highest BCUT2D eigenvalue weighted by Gasteiger charge is 2.45. The van der Waals surface area contributed by atoms with Crippen LogP contribution in [0.5, 0.6) is 11.5 Å². The average Bonchev–Trinajstić information content (AvgIpc) is 3.09. The average molecular weight is 454 g/mol. The van der Waals surface area contributed by atoms with Crippen LogP contribution in [0.15, 0.2) is 54.1 Å². The quantitative estimate of drug-likeness (QED) is 0.303. The molecule has 0 radical (unpaired) electrons. The van der Waals surface area contributed by atoms with Crippen LogP contribution < -0.4 is 9.47 Å². The third kappa shape index (κ3) is 5.54. The highest BCUT2D eigenvalue weighted by atomic mass is 16.5. The lowest BCUT2D eigenvalue weighted by atomic mass is 9.95. The molecule has 2 aromatic carbocycles. The summed E-state index contributed by atoms with van der Waals surface area (Å²) >= 11 is 0. The Morgan fingerprint density at radius 2 is 1.70 bits per heavy atom. The second-order valence-corrected chi connectivity index (χ2v) is 7.86. The van der Waals surface area contributed by atoms with Crippen molar-refractivity contribution in [3.8, 4) is 11.5 Å². The number of hydrogen-bond acceptors (Lipinski definition) is 6. The summed E-state index contributed by atoms with van der Waals surface area (Å²) in [5.74, 6) is -0.371. The lowest BCUT2D eigenvalue weighted by Gasteiger charge is -2.25. The summed E-state index contributed by atoms with van der Waals surface area (Å²) in [4.78, 5) is 27.5. The summed E-state index contributed by atoms with van der Waals surface area (Å²) in [6, 6.07) is 13.1. The number of hydrogen-bond donors (Lipinski definition) is 2. The number of aliphatic hydroxyl groups is 2. The van der Waals surface area contributed by atoms with Crippen LogP contribution in [0, 0.1) is 0 Å². The maximum atomic E-state index is 13.0. The number of benzene rings is 2. The molecule has 3 rings (SSSR count). The number of carbonyl (C=O) groups excluding carboxylic acids is 2. The standard InChI is InChI=1S/C26H31NO6/c1-3-5-13-27-23(19-7-6-8-21(17-19)33-16-14-28)22(25(30)26(27)31)24(29)18-9-11-20(12-10-18)32-15-4-2/h6-12,17,23,28-29H,3-5,13-16H2,1-2H3/b24-22-. The van der Waals surface area contributed by atoms with E-state index in [1.807, 2.05) is 13.8 Å². The first-order valence-electron chi connectivity index (χ1n) is 11.4. The van der Waals surface area contributed by atoms with Gasteiger partial charge in [-0.05, 0) is 54.8 Å². The number of carbonyl (C=O) groups is 2. The normalized spacial score (nSPS) is 17.4. The molecule has 2 N–H and O–H groups in total. The first-order chi connectivity index (χ1) is 16.0. The lowest BCUT2D eigenvalue weighted by Crippen LogP contribution is -2.30. The summed E-state index contributed by atoms with van der Waals surface area (Å²) in [6.07, 6.45) is 2.46. The SMILES string of the molecule is CCCCN1C(=O)C(=O)/C(=C(\O)c2ccc(OCCC)cc2)C1c1cccc(OCCO)c1. The van der Waals surface area contributed by atoms with Crippen LogP contribution in [-0.2, 0) is 9.59 Å². The fourth-order valence-electron chi connectivity index (χ4n) is 3.81. The molecular formula is C26H31NO6. The fraction of sp³-hybridized carbons (Fsp3) is 0.385. The van der Waals surface area contributed by atoms with Gasteiger partial charge in [0.05, 0.1) is 24.8 Å². The van der Waals surface area contributed by atoms with Crippen LogP contribution in [0.3, 0.4) is 0 Å². The van der Waals surface area contributed by atoms with Gasteiger partial charge in [-0.15, -0.1) is 0 Å². The van der Waals surface area contributed by atoms with Gasteiger partial charge in [0.15, 0.2) is 0 Å². The van der Waals surface area contributed by atoms with Crippen molar-refractivity contribution in [1.82, 2.24) is 4.90 Å². The first kappa shape index (κ1) is 24.3. The molecule has 1 heterocycles. The van der Waals surface area contributed by atoms with E-state index in [1.54, 1.807) is 48.5 Å². The summed E-state index contributed by atoms with van der Waals surface area (Å²) in [5.41, 5.74) is 1.15. The molecule has 1 aliphatic rings. The number of aliphatic hydroxyl groups excluding tert-OH is 2. The molecule has 1 atom stereocenters. The maximum absolute atomic E-state index is 13.0. The minimum absolute atomic E-state index is 0.0534. The van der Waals surface area contributed by atoms with Crippen molar-refractivity contribution in [3.63, 3.8) is 0 Å². The van der Waals surface area contributed by atoms with Gasteiger partial charge in [0.25, 0.3) is 11.7 Å². The number of unbranched alkanes of at least 4 members (excludes halogenated alkanes) is 1. The van der Waals surface area contributed by atoms with Crippen LogP contribution in [0.25, 0.3) is 5.76 Å². The van der Waals surface area contributed by atoms with Crippen LogP contribution in [0.2, 0.25) is 0 Å². The van der Waals surface area contributed by atoms with Gasteiger partial charge >= 0.3 is 0 Å². The molecule has 1 amide bonds. The molecule has 0 bridgehead atoms. The Kier molecular flexibility index (Phi) is 8.49. The molecule has 2 aromatic rings. The van der Waals surface area contributed by atoms with E-state index < -0.39 is 17.7 Å². The number of ketones is 1. The molecule has 7 nitrogen and oxygen atoms in total. The monoisotopic (exact) mass is 453 g/mol. The molecule has 1 fully saturated rings. The summed E-state index contributed by atoms with van der Waals surface area (Å²) in [7, 11) is 0. The molecule has 0 spiro atoms. The van der Waals surface area contributed by atoms with Crippen molar-refractivity contribution in [2.75, 3.05) is 26.4 Å². The van der Waals surface area contributed by atoms with Crippen LogP contribution >= 0.6 is 0 Å². The predicted molar refractivity (Wildman–Crippen MR) is 125 cm³/mol. The number of nitrogens with zero attached hydrogens (tertiary/aromatic N) is 1. The largest absolute Gasteiger partial charge is 0.507 e. The van der Waals surface area contributed by atoms with Gasteiger partial charge in [0.2, 0.25) is 0 Å². The van der Waals surface area contributed by atoms with E-state index in [0.717, 1.165) is 19.3 Å². The second kappa shape index (κ2) is 11.5. The zero-order valence-corrected chi connectivity index (χ0v) is 19.1. The highest BCUT2D eigenvalue weighted by Crippen LogP contribution is 2.40. The van der Waals surface area contributed by atoms with Gasteiger partial charge in [0.1, 0.15) is 23.9 Å². The minimum atomic E-state index is -0.731. The van der Waals surface area contributed by atoms with E-state index in [0.29, 0.717) is 35.8 Å². The lowest BCUT2D eigenvalue weighted by molar-refractivity contribution is -0.139. The maximum Gasteiger partial charge on any atom is 0.295 e. The van der Waals surface area contributed by atoms with Crippen molar-refractivity contribution in [1.29, 1.82) is 0 Å². The fourth-order valence-corrected chi connectivity index (χ4v) is 3.81. The number of rotatable bonds is 11. The molecule has 0 aliphatic carbocycles. The van der Waals surface area contributed by atoms with E-state index in [4.69, 9.17) is 14.6 Å². The number of Topliss-reactive ketones (excluding diaryl/α,β-unsaturated/α-hetero) is 1. The van der Waals surface area contributed by atoms with Crippen LogP contribution in [0.4, 0.5) is 0 Å². The second-order valence-electron chi connectivity index (χ2n) is 7.86. The van der Waals surface area contributed by atoms with Gasteiger partial charge in [0, 0.05) is 12.1 Å². The van der Waals surface area contributed by atoms with Gasteiger partial charge in [-0.2, -0.15) is 0 Å². The Labute approximate surface area is 194 Å². The Morgan fingerprint density at radius 3 is 2.36 bits per heavy atom. The van der Waals surface area contributed by atoms with Crippen molar-refractivity contribution < 1.29 is 29.3 Å². The third-order valence-corrected chi connectivity index (χ3v) is 5.43. The van der Waals surface area contributed by atoms with Crippen LogP contribution in [0.1, 0.15) is 50.3 Å². The smallest absolute Gasteiger partial charge is 0.295 e. The van der Waals surface area contributed by atoms with Gasteiger partial charge in [-0.1, -0.05) is 32.4 Å². The third-order valence-electron chi connectivity index (χ3n) is 5.43. The summed E-state index contributed by atoms with van der Waals surface area (Å²) in [5, 5.41) is 20.2. The van der Waals surface area contributed by atoms with Crippen LogP contribution in [-0.4, -0.2) is 53.2 Å². The zero-order chi connectivity index (χ0) is 23.8. The molecule has 0 saturated carbocycles. The van der Waals surface area contributed by atoms with E-state index in [9.17, 15) is 14.7 Å². The number of amides is 1. The predicted octanol–water partition coefficient (Wildman–Crippen LogP) is 4.07. The summed E-state index contributed by atoms with van der Waals surface area (Å²) < 4.78 is 11.1. The Balaban J connectivity index is 2.05. The molecule has 33 heavy (non-hydrogen) atoms. The minimum Gasteiger partial charge on any atom is -0.507 e. The highest BCUT2D eigenvalue weighted by molar-refractivity contribution is 6.46. The number of ether oxygens (including phenoxy) is 2. The Hall–Kier alpha value is -3.32. The first-order valence-corrected chi connectivity index (χ1v) is 11.4. The molecule has 1 aliphatic heterocycles. The van der Waals surface area contributed by atoms with E-state index in [-0.39, 0.29) is 24.5 Å². The molecule has 1 unspecified atom stereocenters. The molecule has 176 valence electrons. The zero-order valence-electron chi connectivity index (χ0n) is 19.1. The Bertz CT molecular complexity index is 998.